The van der Waals surface area contributed by atoms with Gasteiger partial charge in [0.25, 0.3) is 5.56 Å². The van der Waals surface area contributed by atoms with Crippen LogP contribution in [0.15, 0.2) is 29.3 Å². The van der Waals surface area contributed by atoms with Crippen LogP contribution in [0, 0.1) is 6.92 Å². The molecular formula is C12H15N3OS. The summed E-state index contributed by atoms with van der Waals surface area (Å²) in [6.07, 6.45) is 3.72. The highest BCUT2D eigenvalue weighted by Crippen LogP contribution is 2.13. The van der Waals surface area contributed by atoms with Gasteiger partial charge >= 0.3 is 0 Å². The van der Waals surface area contributed by atoms with Crippen LogP contribution in [0.5, 0.6) is 0 Å². The first-order chi connectivity index (χ1) is 8.19. The maximum atomic E-state index is 11.4. The predicted octanol–water partition coefficient (Wildman–Crippen LogP) is 2.25. The number of nitrogens with one attached hydrogen (secondary N) is 1. The second kappa shape index (κ2) is 5.14. The van der Waals surface area contributed by atoms with E-state index in [1.54, 1.807) is 22.0 Å². The van der Waals surface area contributed by atoms with Crippen molar-refractivity contribution in [1.82, 2.24) is 9.55 Å². The second-order valence-electron chi connectivity index (χ2n) is 3.74. The Hall–Kier alpha value is -1.62. The second-order valence-corrected chi connectivity index (χ2v) is 5.06. The smallest absolute Gasteiger partial charge is 0.250 e. The number of hydrogen-bond acceptors (Lipinski definition) is 4. The van der Waals surface area contributed by atoms with E-state index in [0.717, 1.165) is 17.2 Å². The Kier molecular flexibility index (Phi) is 3.58. The molecule has 0 saturated heterocycles. The lowest BCUT2D eigenvalue weighted by molar-refractivity contribution is 0.728. The fraction of sp³-hybridized carbons (Fsp3) is 0.333. The number of nitrogens with zero attached hydrogens (tertiary/aromatic N) is 2. The normalized spacial score (nSPS) is 10.5. The third kappa shape index (κ3) is 2.94. The lowest BCUT2D eigenvalue weighted by Gasteiger charge is -2.07. The molecule has 2 heterocycles. The van der Waals surface area contributed by atoms with Gasteiger partial charge in [0.15, 0.2) is 0 Å². The molecule has 17 heavy (non-hydrogen) atoms. The van der Waals surface area contributed by atoms with Crippen LogP contribution >= 0.6 is 11.3 Å². The average Bonchev–Trinajstić information content (AvgIpc) is 2.74. The molecule has 0 radical (unpaired) electrons. The van der Waals surface area contributed by atoms with Crippen molar-refractivity contribution < 1.29 is 0 Å². The number of thiazole rings is 1. The van der Waals surface area contributed by atoms with Gasteiger partial charge in [0.05, 0.1) is 17.2 Å². The minimum atomic E-state index is 0.0340. The quantitative estimate of drug-likeness (QED) is 0.904. The Morgan fingerprint density at radius 3 is 2.94 bits per heavy atom. The van der Waals surface area contributed by atoms with Crippen molar-refractivity contribution in [2.75, 3.05) is 5.32 Å². The topological polar surface area (TPSA) is 46.9 Å². The molecule has 2 aromatic heterocycles. The van der Waals surface area contributed by atoms with E-state index in [1.807, 2.05) is 32.3 Å². The van der Waals surface area contributed by atoms with Gasteiger partial charge < -0.3 is 9.88 Å². The molecule has 4 nitrogen and oxygen atoms in total. The molecule has 5 heteroatoms. The first-order valence-electron chi connectivity index (χ1n) is 5.54. The van der Waals surface area contributed by atoms with E-state index in [0.29, 0.717) is 6.54 Å². The fourth-order valence-electron chi connectivity index (χ4n) is 1.56. The Morgan fingerprint density at radius 1 is 1.47 bits per heavy atom. The Balaban J connectivity index is 2.06. The number of anilines is 1. The fourth-order valence-corrected chi connectivity index (χ4v) is 2.29. The van der Waals surface area contributed by atoms with Gasteiger partial charge in [-0.2, -0.15) is 0 Å². The minimum Gasteiger partial charge on any atom is -0.379 e. The summed E-state index contributed by atoms with van der Waals surface area (Å²) in [4.78, 5) is 16.8. The standard InChI is InChI=1S/C12H15N3OS/c1-3-15-8-10(4-5-12(15)16)14-7-11-6-13-9(2)17-11/h4-6,8,14H,3,7H2,1-2H3. The summed E-state index contributed by atoms with van der Waals surface area (Å²) in [6, 6.07) is 3.39. The zero-order valence-electron chi connectivity index (χ0n) is 9.93. The third-order valence-corrected chi connectivity index (χ3v) is 3.37. The molecular weight excluding hydrogens is 234 g/mol. The van der Waals surface area contributed by atoms with Crippen LogP contribution in [0.25, 0.3) is 0 Å². The molecule has 2 aromatic rings. The van der Waals surface area contributed by atoms with Crippen molar-refractivity contribution in [3.05, 3.63) is 44.8 Å². The van der Waals surface area contributed by atoms with Crippen molar-refractivity contribution in [2.45, 2.75) is 26.9 Å². The maximum absolute atomic E-state index is 11.4. The van der Waals surface area contributed by atoms with Crippen LogP contribution in [0.3, 0.4) is 0 Å². The molecule has 1 N–H and O–H groups in total. The van der Waals surface area contributed by atoms with Crippen LogP contribution < -0.4 is 10.9 Å². The number of hydrogen-bond donors (Lipinski definition) is 1. The number of aromatic nitrogens is 2. The molecule has 0 aliphatic carbocycles. The van der Waals surface area contributed by atoms with Crippen molar-refractivity contribution in [3.63, 3.8) is 0 Å². The van der Waals surface area contributed by atoms with E-state index in [4.69, 9.17) is 0 Å². The summed E-state index contributed by atoms with van der Waals surface area (Å²) in [5.41, 5.74) is 0.990. The molecule has 0 unspecified atom stereocenters. The molecule has 90 valence electrons. The first-order valence-corrected chi connectivity index (χ1v) is 6.36. The number of rotatable bonds is 4. The van der Waals surface area contributed by atoms with Gasteiger partial charge in [0.1, 0.15) is 0 Å². The zero-order valence-corrected chi connectivity index (χ0v) is 10.8. The molecule has 0 bridgehead atoms. The molecule has 0 amide bonds. The third-order valence-electron chi connectivity index (χ3n) is 2.46. The summed E-state index contributed by atoms with van der Waals surface area (Å²) in [5, 5.41) is 4.36. The van der Waals surface area contributed by atoms with E-state index >= 15 is 0 Å². The van der Waals surface area contributed by atoms with E-state index in [1.165, 1.54) is 4.88 Å². The van der Waals surface area contributed by atoms with Crippen LogP contribution in [0.4, 0.5) is 5.69 Å². The SMILES string of the molecule is CCn1cc(NCc2cnc(C)s2)ccc1=O. The van der Waals surface area contributed by atoms with Gasteiger partial charge in [-0.1, -0.05) is 0 Å². The van der Waals surface area contributed by atoms with Gasteiger partial charge in [-0.3, -0.25) is 4.79 Å². The highest BCUT2D eigenvalue weighted by molar-refractivity contribution is 7.11. The van der Waals surface area contributed by atoms with Crippen molar-refractivity contribution in [3.8, 4) is 0 Å². The number of pyridine rings is 1. The van der Waals surface area contributed by atoms with Gasteiger partial charge in [-0.15, -0.1) is 11.3 Å². The lowest BCUT2D eigenvalue weighted by Crippen LogP contribution is -2.17. The largest absolute Gasteiger partial charge is 0.379 e. The van der Waals surface area contributed by atoms with E-state index in [2.05, 4.69) is 10.3 Å². The lowest BCUT2D eigenvalue weighted by atomic mass is 10.4. The van der Waals surface area contributed by atoms with E-state index < -0.39 is 0 Å². The van der Waals surface area contributed by atoms with Crippen LogP contribution in [0.1, 0.15) is 16.8 Å². The summed E-state index contributed by atoms with van der Waals surface area (Å²) in [7, 11) is 0. The molecule has 2 rings (SSSR count). The zero-order chi connectivity index (χ0) is 12.3. The minimum absolute atomic E-state index is 0.0340. The van der Waals surface area contributed by atoms with E-state index in [-0.39, 0.29) is 5.56 Å². The van der Waals surface area contributed by atoms with Crippen molar-refractivity contribution in [2.24, 2.45) is 0 Å². The highest BCUT2D eigenvalue weighted by atomic mass is 32.1. The van der Waals surface area contributed by atoms with Crippen LogP contribution in [-0.4, -0.2) is 9.55 Å². The molecule has 0 saturated carbocycles. The van der Waals surface area contributed by atoms with Crippen molar-refractivity contribution >= 4 is 17.0 Å². The van der Waals surface area contributed by atoms with Gasteiger partial charge in [0, 0.05) is 29.9 Å². The Morgan fingerprint density at radius 2 is 2.29 bits per heavy atom. The molecule has 0 aliphatic heterocycles. The molecule has 0 spiro atoms. The van der Waals surface area contributed by atoms with E-state index in [9.17, 15) is 4.79 Å². The summed E-state index contributed by atoms with van der Waals surface area (Å²) in [6.45, 7) is 5.38. The molecule has 0 atom stereocenters. The van der Waals surface area contributed by atoms with Crippen LogP contribution in [-0.2, 0) is 13.1 Å². The number of aryl methyl sites for hydroxylation is 2. The summed E-state index contributed by atoms with van der Waals surface area (Å²) >= 11 is 1.68. The molecule has 0 aliphatic rings. The van der Waals surface area contributed by atoms with Crippen LogP contribution in [0.2, 0.25) is 0 Å². The highest BCUT2D eigenvalue weighted by Gasteiger charge is 1.99. The van der Waals surface area contributed by atoms with Gasteiger partial charge in [-0.25, -0.2) is 4.98 Å². The first kappa shape index (κ1) is 11.9. The molecule has 0 fully saturated rings. The average molecular weight is 249 g/mol. The summed E-state index contributed by atoms with van der Waals surface area (Å²) < 4.78 is 1.68. The Bertz CT molecular complexity index is 559. The molecule has 0 aromatic carbocycles. The van der Waals surface area contributed by atoms with Gasteiger partial charge in [0.2, 0.25) is 0 Å². The van der Waals surface area contributed by atoms with Gasteiger partial charge in [-0.05, 0) is 19.9 Å². The maximum Gasteiger partial charge on any atom is 0.250 e. The monoisotopic (exact) mass is 249 g/mol. The summed E-state index contributed by atoms with van der Waals surface area (Å²) in [5.74, 6) is 0. The predicted molar refractivity (Wildman–Crippen MR) is 70.6 cm³/mol. The van der Waals surface area contributed by atoms with Crippen molar-refractivity contribution in [1.29, 1.82) is 0 Å². The Labute approximate surface area is 104 Å².